The van der Waals surface area contributed by atoms with Gasteiger partial charge in [0.25, 0.3) is 5.56 Å². The first kappa shape index (κ1) is 19.2. The maximum absolute atomic E-state index is 12.8. The molecule has 0 saturated heterocycles. The van der Waals surface area contributed by atoms with Crippen molar-refractivity contribution in [2.24, 2.45) is 0 Å². The first-order valence-electron chi connectivity index (χ1n) is 8.14. The van der Waals surface area contributed by atoms with Crippen LogP contribution in [0, 0.1) is 0 Å². The third-order valence-electron chi connectivity index (χ3n) is 3.94. The Morgan fingerprint density at radius 2 is 2.04 bits per heavy atom. The van der Waals surface area contributed by atoms with Crippen LogP contribution in [0.15, 0.2) is 65.1 Å². The predicted octanol–water partition coefficient (Wildman–Crippen LogP) is 4.22. The van der Waals surface area contributed by atoms with E-state index in [9.17, 15) is 9.59 Å². The molecule has 1 heterocycles. The summed E-state index contributed by atoms with van der Waals surface area (Å²) < 4.78 is 6.60. The summed E-state index contributed by atoms with van der Waals surface area (Å²) in [5, 5.41) is 1.38. The van der Waals surface area contributed by atoms with Crippen LogP contribution in [0.2, 0.25) is 5.02 Å². The number of thioether (sulfide) groups is 1. The number of ether oxygens (including phenoxy) is 1. The molecule has 0 spiro atoms. The van der Waals surface area contributed by atoms with Gasteiger partial charge in [-0.3, -0.25) is 14.2 Å². The lowest BCUT2D eigenvalue weighted by molar-refractivity contribution is 0.102. The number of rotatable bonds is 7. The van der Waals surface area contributed by atoms with Gasteiger partial charge in [0.2, 0.25) is 0 Å². The number of methoxy groups -OCH3 is 1. The minimum Gasteiger partial charge on any atom is -0.497 e. The fourth-order valence-electron chi connectivity index (χ4n) is 2.56. The van der Waals surface area contributed by atoms with E-state index in [2.05, 4.69) is 11.6 Å². The molecule has 0 aliphatic carbocycles. The summed E-state index contributed by atoms with van der Waals surface area (Å²) in [6.45, 7) is 3.99. The molecule has 7 heteroatoms. The Balaban J connectivity index is 1.89. The Morgan fingerprint density at radius 1 is 1.30 bits per heavy atom. The van der Waals surface area contributed by atoms with E-state index in [0.717, 1.165) is 0 Å². The number of hydrogen-bond donors (Lipinski definition) is 0. The van der Waals surface area contributed by atoms with E-state index in [1.165, 1.54) is 16.3 Å². The summed E-state index contributed by atoms with van der Waals surface area (Å²) in [6.07, 6.45) is 1.62. The average molecular weight is 401 g/mol. The Hall–Kier alpha value is -2.57. The van der Waals surface area contributed by atoms with Crippen molar-refractivity contribution in [2.75, 3.05) is 12.9 Å². The molecule has 0 amide bonds. The van der Waals surface area contributed by atoms with Crippen molar-refractivity contribution in [3.63, 3.8) is 0 Å². The van der Waals surface area contributed by atoms with Crippen molar-refractivity contribution in [3.05, 3.63) is 76.1 Å². The summed E-state index contributed by atoms with van der Waals surface area (Å²) in [5.41, 5.74) is 0.916. The second-order valence-electron chi connectivity index (χ2n) is 5.70. The molecule has 138 valence electrons. The van der Waals surface area contributed by atoms with Crippen LogP contribution in [0.5, 0.6) is 5.75 Å². The van der Waals surface area contributed by atoms with Crippen LogP contribution in [-0.2, 0) is 6.54 Å². The summed E-state index contributed by atoms with van der Waals surface area (Å²) in [4.78, 5) is 29.8. The molecule has 0 saturated carbocycles. The predicted molar refractivity (Wildman–Crippen MR) is 109 cm³/mol. The highest BCUT2D eigenvalue weighted by atomic mass is 35.5. The number of nitrogens with zero attached hydrogens (tertiary/aromatic N) is 2. The monoisotopic (exact) mass is 400 g/mol. The highest BCUT2D eigenvalue weighted by molar-refractivity contribution is 7.99. The number of halogens is 1. The SMILES string of the molecule is C=CCn1c(SCC(=O)c2ccc(OC)cc2)nc2ccc(Cl)cc2c1=O. The molecule has 3 rings (SSSR count). The number of carbonyl (C=O) groups excluding carboxylic acids is 1. The Bertz CT molecular complexity index is 1060. The van der Waals surface area contributed by atoms with E-state index >= 15 is 0 Å². The summed E-state index contributed by atoms with van der Waals surface area (Å²) in [7, 11) is 1.57. The van der Waals surface area contributed by atoms with Crippen molar-refractivity contribution in [3.8, 4) is 5.75 Å². The highest BCUT2D eigenvalue weighted by Crippen LogP contribution is 2.22. The van der Waals surface area contributed by atoms with Crippen molar-refractivity contribution in [2.45, 2.75) is 11.7 Å². The van der Waals surface area contributed by atoms with Gasteiger partial charge in [-0.2, -0.15) is 0 Å². The van der Waals surface area contributed by atoms with Crippen LogP contribution in [-0.4, -0.2) is 28.2 Å². The molecule has 0 radical (unpaired) electrons. The number of hydrogen-bond acceptors (Lipinski definition) is 5. The molecule has 0 N–H and O–H groups in total. The maximum atomic E-state index is 12.8. The van der Waals surface area contributed by atoms with Crippen LogP contribution < -0.4 is 10.3 Å². The molecule has 0 atom stereocenters. The molecule has 3 aromatic rings. The van der Waals surface area contributed by atoms with Crippen LogP contribution in [0.3, 0.4) is 0 Å². The van der Waals surface area contributed by atoms with Crippen molar-refractivity contribution in [1.29, 1.82) is 0 Å². The molecule has 0 bridgehead atoms. The van der Waals surface area contributed by atoms with Gasteiger partial charge in [-0.15, -0.1) is 6.58 Å². The number of Topliss-reactive ketones (excluding diaryl/α,β-unsaturated/α-hetero) is 1. The second-order valence-corrected chi connectivity index (χ2v) is 7.08. The molecule has 0 fully saturated rings. The van der Waals surface area contributed by atoms with E-state index in [1.54, 1.807) is 55.7 Å². The lowest BCUT2D eigenvalue weighted by Gasteiger charge is -2.11. The molecular weight excluding hydrogens is 384 g/mol. The van der Waals surface area contributed by atoms with E-state index < -0.39 is 0 Å². The lowest BCUT2D eigenvalue weighted by Crippen LogP contribution is -2.23. The Morgan fingerprint density at radius 3 is 2.70 bits per heavy atom. The smallest absolute Gasteiger partial charge is 0.262 e. The topological polar surface area (TPSA) is 61.2 Å². The van der Waals surface area contributed by atoms with Gasteiger partial charge in [0.1, 0.15) is 5.75 Å². The van der Waals surface area contributed by atoms with E-state index in [-0.39, 0.29) is 17.1 Å². The molecule has 1 aromatic heterocycles. The minimum atomic E-state index is -0.207. The second kappa shape index (κ2) is 8.41. The fourth-order valence-corrected chi connectivity index (χ4v) is 3.64. The van der Waals surface area contributed by atoms with Crippen molar-refractivity contribution < 1.29 is 9.53 Å². The average Bonchev–Trinajstić information content (AvgIpc) is 2.69. The number of allylic oxidation sites excluding steroid dienone is 1. The summed E-state index contributed by atoms with van der Waals surface area (Å²) >= 11 is 7.22. The van der Waals surface area contributed by atoms with Gasteiger partial charge in [0.05, 0.1) is 23.8 Å². The number of ketones is 1. The zero-order valence-electron chi connectivity index (χ0n) is 14.6. The minimum absolute atomic E-state index is 0.0572. The lowest BCUT2D eigenvalue weighted by atomic mass is 10.1. The number of aromatic nitrogens is 2. The molecule has 5 nitrogen and oxygen atoms in total. The normalized spacial score (nSPS) is 10.7. The van der Waals surface area contributed by atoms with Gasteiger partial charge < -0.3 is 4.74 Å². The number of carbonyl (C=O) groups is 1. The van der Waals surface area contributed by atoms with Gasteiger partial charge in [-0.1, -0.05) is 29.4 Å². The first-order chi connectivity index (χ1) is 13.0. The van der Waals surface area contributed by atoms with Crippen molar-refractivity contribution >= 4 is 40.0 Å². The van der Waals surface area contributed by atoms with Crippen LogP contribution >= 0.6 is 23.4 Å². The van der Waals surface area contributed by atoms with Gasteiger partial charge in [-0.25, -0.2) is 4.98 Å². The van der Waals surface area contributed by atoms with E-state index in [1.807, 2.05) is 0 Å². The molecule has 0 aliphatic rings. The quantitative estimate of drug-likeness (QED) is 0.257. The summed E-state index contributed by atoms with van der Waals surface area (Å²) in [6, 6.07) is 11.9. The van der Waals surface area contributed by atoms with Crippen LogP contribution in [0.4, 0.5) is 0 Å². The van der Waals surface area contributed by atoms with Gasteiger partial charge >= 0.3 is 0 Å². The zero-order valence-corrected chi connectivity index (χ0v) is 16.2. The zero-order chi connectivity index (χ0) is 19.4. The third-order valence-corrected chi connectivity index (χ3v) is 5.15. The largest absolute Gasteiger partial charge is 0.497 e. The number of fused-ring (bicyclic) bond motifs is 1. The van der Waals surface area contributed by atoms with Gasteiger partial charge in [-0.05, 0) is 42.5 Å². The van der Waals surface area contributed by atoms with Gasteiger partial charge in [0, 0.05) is 17.1 Å². The van der Waals surface area contributed by atoms with Crippen LogP contribution in [0.1, 0.15) is 10.4 Å². The van der Waals surface area contributed by atoms with E-state index in [4.69, 9.17) is 16.3 Å². The highest BCUT2D eigenvalue weighted by Gasteiger charge is 2.14. The molecule has 0 aliphatic heterocycles. The third kappa shape index (κ3) is 4.23. The van der Waals surface area contributed by atoms with Gasteiger partial charge in [0.15, 0.2) is 10.9 Å². The number of benzene rings is 2. The fraction of sp³-hybridized carbons (Fsp3) is 0.150. The van der Waals surface area contributed by atoms with Crippen molar-refractivity contribution in [1.82, 2.24) is 9.55 Å². The maximum Gasteiger partial charge on any atom is 0.262 e. The first-order valence-corrected chi connectivity index (χ1v) is 9.51. The summed E-state index contributed by atoms with van der Waals surface area (Å²) in [5.74, 6) is 0.793. The molecule has 2 aromatic carbocycles. The van der Waals surface area contributed by atoms with E-state index in [0.29, 0.717) is 38.9 Å². The molecular formula is C20H17ClN2O3S. The standard InChI is InChI=1S/C20H17ClN2O3S/c1-3-10-23-19(25)16-11-14(21)6-9-17(16)22-20(23)27-12-18(24)13-4-7-15(26-2)8-5-13/h3-9,11H,1,10,12H2,2H3. The Labute approximate surface area is 165 Å². The Kier molecular flexibility index (Phi) is 5.98. The molecule has 27 heavy (non-hydrogen) atoms. The molecule has 0 unspecified atom stereocenters. The van der Waals surface area contributed by atoms with Crippen LogP contribution in [0.25, 0.3) is 10.9 Å².